The van der Waals surface area contributed by atoms with Crippen molar-refractivity contribution in [2.45, 2.75) is 48.8 Å². The van der Waals surface area contributed by atoms with Gasteiger partial charge in [0.05, 0.1) is 13.7 Å². The Morgan fingerprint density at radius 1 is 1.26 bits per heavy atom. The minimum atomic E-state index is -5.02. The van der Waals surface area contributed by atoms with Crippen LogP contribution in [0.2, 0.25) is 0 Å². The zero-order valence-corrected chi connectivity index (χ0v) is 15.8. The van der Waals surface area contributed by atoms with E-state index in [4.69, 9.17) is 14.4 Å². The van der Waals surface area contributed by atoms with Crippen LogP contribution in [0.25, 0.3) is 0 Å². The zero-order chi connectivity index (χ0) is 21.0. The number of nitrogens with zero attached hydrogens (tertiary/aromatic N) is 1. The van der Waals surface area contributed by atoms with E-state index in [1.807, 2.05) is 0 Å². The van der Waals surface area contributed by atoms with Crippen molar-refractivity contribution in [3.05, 3.63) is 0 Å². The summed E-state index contributed by atoms with van der Waals surface area (Å²) in [5.74, 6) is -1.10. The lowest BCUT2D eigenvalue weighted by Crippen LogP contribution is -2.57. The maximum atomic E-state index is 11.6. The first-order chi connectivity index (χ1) is 12.3. The Labute approximate surface area is 158 Å². The monoisotopic (exact) mass is 435 g/mol. The average Bonchev–Trinajstić information content (AvgIpc) is 2.58. The molecule has 1 aliphatic rings. The van der Waals surface area contributed by atoms with E-state index in [1.165, 1.54) is 0 Å². The smallest absolute Gasteiger partial charge is 0.466 e. The van der Waals surface area contributed by atoms with E-state index in [0.717, 1.165) is 14.0 Å². The molecule has 0 spiro atoms. The Morgan fingerprint density at radius 2 is 1.85 bits per heavy atom. The number of carbonyl (C=O) groups excluding carboxylic acids is 1. The number of ether oxygens (including phenoxy) is 2. The number of aliphatic hydroxyl groups excluding tert-OH is 4. The number of esters is 1. The Bertz CT molecular complexity index is 649. The van der Waals surface area contributed by atoms with Gasteiger partial charge < -0.3 is 35.0 Å². The van der Waals surface area contributed by atoms with Crippen LogP contribution in [0.15, 0.2) is 5.16 Å². The van der Waals surface area contributed by atoms with E-state index < -0.39 is 69.9 Å². The molecule has 0 aromatic rings. The maximum Gasteiger partial charge on any atom is 0.466 e. The number of hydrogen-bond acceptors (Lipinski definition) is 13. The Balaban J connectivity index is 3.07. The van der Waals surface area contributed by atoms with Crippen molar-refractivity contribution >= 4 is 33.2 Å². The van der Waals surface area contributed by atoms with Gasteiger partial charge in [-0.1, -0.05) is 16.9 Å². The molecule has 0 saturated carbocycles. The molecule has 1 heterocycles. The molecule has 158 valence electrons. The summed E-state index contributed by atoms with van der Waals surface area (Å²) in [4.78, 5) is 11.6. The van der Waals surface area contributed by atoms with Crippen molar-refractivity contribution in [1.29, 1.82) is 0 Å². The van der Waals surface area contributed by atoms with Crippen LogP contribution in [0.3, 0.4) is 0 Å². The molecule has 0 unspecified atom stereocenters. The fourth-order valence-corrected chi connectivity index (χ4v) is 3.51. The summed E-state index contributed by atoms with van der Waals surface area (Å²) in [6.07, 6.45) is -7.01. The average molecular weight is 435 g/mol. The molecule has 0 radical (unpaired) electrons. The maximum absolute atomic E-state index is 11.6. The van der Waals surface area contributed by atoms with Crippen LogP contribution in [0.4, 0.5) is 0 Å². The quantitative estimate of drug-likeness (QED) is 0.0772. The Hall–Kier alpha value is -1.04. The van der Waals surface area contributed by atoms with Crippen LogP contribution in [-0.2, 0) is 29.0 Å². The fraction of sp³-hybridized carbons (Fsp3) is 0.833. The number of thioether (sulfide) groups is 1. The summed E-state index contributed by atoms with van der Waals surface area (Å²) in [7, 11) is -4.03. The molecule has 1 fully saturated rings. The normalized spacial score (nSPS) is 31.9. The predicted octanol–water partition coefficient (Wildman–Crippen LogP) is -3.03. The van der Waals surface area contributed by atoms with Crippen molar-refractivity contribution in [1.82, 2.24) is 0 Å². The van der Waals surface area contributed by atoms with Crippen molar-refractivity contribution < 1.29 is 57.1 Å². The molecular weight excluding hydrogens is 414 g/mol. The molecule has 6 atom stereocenters. The van der Waals surface area contributed by atoms with E-state index in [-0.39, 0.29) is 0 Å². The highest BCUT2D eigenvalue weighted by molar-refractivity contribution is 8.14. The van der Waals surface area contributed by atoms with Crippen molar-refractivity contribution in [2.24, 2.45) is 5.16 Å². The van der Waals surface area contributed by atoms with Gasteiger partial charge in [-0.05, 0) is 6.92 Å². The molecule has 0 aromatic carbocycles. The number of rotatable bonds is 7. The lowest BCUT2D eigenvalue weighted by molar-refractivity contribution is -0.205. The van der Waals surface area contributed by atoms with E-state index in [9.17, 15) is 33.6 Å². The predicted molar refractivity (Wildman–Crippen MR) is 88.7 cm³/mol. The summed E-state index contributed by atoms with van der Waals surface area (Å²) in [5, 5.41) is 51.4. The number of methoxy groups -OCH3 is 1. The molecule has 0 bridgehead atoms. The summed E-state index contributed by atoms with van der Waals surface area (Å²) in [5.41, 5.74) is -3.60. The molecule has 0 aromatic heterocycles. The molecular formula is C12H21NO12S2. The molecule has 15 heteroatoms. The fourth-order valence-electron chi connectivity index (χ4n) is 2.07. The first-order valence-electron chi connectivity index (χ1n) is 7.33. The summed E-state index contributed by atoms with van der Waals surface area (Å²) < 4.78 is 43.5. The van der Waals surface area contributed by atoms with E-state index in [1.54, 1.807) is 0 Å². The molecule has 6 N–H and O–H groups in total. The Kier molecular flexibility index (Phi) is 8.39. The van der Waals surface area contributed by atoms with Gasteiger partial charge in [-0.2, -0.15) is 8.42 Å². The molecule has 27 heavy (non-hydrogen) atoms. The third kappa shape index (κ3) is 6.81. The van der Waals surface area contributed by atoms with Gasteiger partial charge in [-0.25, -0.2) is 9.08 Å². The van der Waals surface area contributed by atoms with Gasteiger partial charge in [0.15, 0.2) is 5.60 Å². The van der Waals surface area contributed by atoms with Crippen LogP contribution in [0, 0.1) is 0 Å². The SMILES string of the molecule is COC(=O)[C@@](C)(O)C/C(=N\OS(=O)(=O)O)S[C@@H]1O[C@H](CO)[C@@H](O)[C@H](O)[C@H]1O. The number of aliphatic hydroxyl groups is 5. The van der Waals surface area contributed by atoms with Crippen molar-refractivity contribution in [3.63, 3.8) is 0 Å². The van der Waals surface area contributed by atoms with Crippen LogP contribution in [0.5, 0.6) is 0 Å². The van der Waals surface area contributed by atoms with Gasteiger partial charge in [-0.3, -0.25) is 4.55 Å². The molecule has 0 amide bonds. The summed E-state index contributed by atoms with van der Waals surface area (Å²) in [6, 6.07) is 0. The van der Waals surface area contributed by atoms with Gasteiger partial charge in [-0.15, -0.1) is 0 Å². The minimum absolute atomic E-state index is 0.421. The number of oxime groups is 1. The first-order valence-corrected chi connectivity index (χ1v) is 9.57. The van der Waals surface area contributed by atoms with E-state index in [0.29, 0.717) is 11.8 Å². The molecule has 1 saturated heterocycles. The second-order valence-corrected chi connectivity index (χ2v) is 7.92. The topological polar surface area (TPSA) is 213 Å². The van der Waals surface area contributed by atoms with Crippen molar-refractivity contribution in [3.8, 4) is 0 Å². The standard InChI is InChI=1S/C12H21NO12S2/c1-12(19,11(18)23-2)3-6(13-25-27(20,21)22)26-10-9(17)8(16)7(15)5(4-14)24-10/h5,7-10,14-17,19H,3-4H2,1-2H3,(H,20,21,22)/b13-6+/t5-,7-,8+,9-,10+,12+/m1/s1. The van der Waals surface area contributed by atoms with E-state index >= 15 is 0 Å². The van der Waals surface area contributed by atoms with Crippen molar-refractivity contribution in [2.75, 3.05) is 13.7 Å². The third-order valence-electron chi connectivity index (χ3n) is 3.45. The second kappa shape index (κ2) is 9.44. The largest absolute Gasteiger partial charge is 0.467 e. The molecule has 13 nitrogen and oxygen atoms in total. The highest BCUT2D eigenvalue weighted by Gasteiger charge is 2.45. The highest BCUT2D eigenvalue weighted by atomic mass is 32.3. The summed E-state index contributed by atoms with van der Waals surface area (Å²) in [6.45, 7) is 0.311. The van der Waals surface area contributed by atoms with Gasteiger partial charge in [0.25, 0.3) is 0 Å². The number of hydrogen-bond donors (Lipinski definition) is 6. The third-order valence-corrected chi connectivity index (χ3v) is 4.83. The van der Waals surface area contributed by atoms with Gasteiger partial charge in [0.1, 0.15) is 34.9 Å². The van der Waals surface area contributed by atoms with Gasteiger partial charge in [0.2, 0.25) is 0 Å². The minimum Gasteiger partial charge on any atom is -0.467 e. The molecule has 0 aliphatic carbocycles. The summed E-state index contributed by atoms with van der Waals surface area (Å²) >= 11 is 0.421. The lowest BCUT2D eigenvalue weighted by Gasteiger charge is -2.39. The highest BCUT2D eigenvalue weighted by Crippen LogP contribution is 2.31. The molecule has 1 aliphatic heterocycles. The number of carbonyl (C=O) groups is 1. The van der Waals surface area contributed by atoms with Crippen LogP contribution in [-0.4, -0.2) is 98.7 Å². The van der Waals surface area contributed by atoms with Crippen LogP contribution >= 0.6 is 11.8 Å². The lowest BCUT2D eigenvalue weighted by atomic mass is 10.0. The van der Waals surface area contributed by atoms with Gasteiger partial charge >= 0.3 is 16.4 Å². The molecule has 1 rings (SSSR count). The van der Waals surface area contributed by atoms with Gasteiger partial charge in [0, 0.05) is 6.42 Å². The second-order valence-electron chi connectivity index (χ2n) is 5.74. The first kappa shape index (κ1) is 24.0. The van der Waals surface area contributed by atoms with Crippen LogP contribution < -0.4 is 0 Å². The zero-order valence-electron chi connectivity index (χ0n) is 14.2. The van der Waals surface area contributed by atoms with Crippen LogP contribution in [0.1, 0.15) is 13.3 Å². The Morgan fingerprint density at radius 3 is 2.33 bits per heavy atom. The van der Waals surface area contributed by atoms with E-state index in [2.05, 4.69) is 14.2 Å².